The second-order valence-electron chi connectivity index (χ2n) is 7.96. The van der Waals surface area contributed by atoms with Crippen LogP contribution in [0.4, 0.5) is 0 Å². The standard InChI is InChI=1S/C21H29N3O2S/c1-14-11-24(12-15(2)26-14)21(4,5)13-22-19(25)18-16(3)23-20(27-18)17-9-7-6-8-10-17/h6-10,14-15H,11-13H2,1-5H3,(H,22,25)/t14-,15-/m0/s1. The van der Waals surface area contributed by atoms with Crippen LogP contribution in [0.1, 0.15) is 43.1 Å². The number of carbonyl (C=O) groups is 1. The van der Waals surface area contributed by atoms with Gasteiger partial charge in [0.05, 0.1) is 17.9 Å². The second-order valence-corrected chi connectivity index (χ2v) is 8.96. The van der Waals surface area contributed by atoms with Gasteiger partial charge in [-0.3, -0.25) is 9.69 Å². The SMILES string of the molecule is Cc1nc(-c2ccccc2)sc1C(=O)NCC(C)(C)N1C[C@H](C)O[C@@H](C)C1. The van der Waals surface area contributed by atoms with Gasteiger partial charge in [-0.2, -0.15) is 0 Å². The molecule has 1 aliphatic heterocycles. The maximum absolute atomic E-state index is 12.8. The summed E-state index contributed by atoms with van der Waals surface area (Å²) in [5, 5.41) is 4.00. The van der Waals surface area contributed by atoms with Crippen LogP contribution >= 0.6 is 11.3 Å². The molecular formula is C21H29N3O2S. The Hall–Kier alpha value is -1.76. The first-order valence-corrected chi connectivity index (χ1v) is 10.3. The quantitative estimate of drug-likeness (QED) is 0.849. The number of thiazole rings is 1. The lowest BCUT2D eigenvalue weighted by Crippen LogP contribution is -2.58. The number of nitrogens with one attached hydrogen (secondary N) is 1. The van der Waals surface area contributed by atoms with Crippen LogP contribution in [0.15, 0.2) is 30.3 Å². The molecule has 1 aliphatic rings. The van der Waals surface area contributed by atoms with Crippen molar-refractivity contribution in [2.45, 2.75) is 52.4 Å². The summed E-state index contributed by atoms with van der Waals surface area (Å²) in [6.07, 6.45) is 0.418. The van der Waals surface area contributed by atoms with E-state index in [0.717, 1.165) is 29.4 Å². The van der Waals surface area contributed by atoms with Crippen molar-refractivity contribution < 1.29 is 9.53 Å². The topological polar surface area (TPSA) is 54.5 Å². The lowest BCUT2D eigenvalue weighted by Gasteiger charge is -2.45. The molecule has 1 amide bonds. The van der Waals surface area contributed by atoms with Crippen molar-refractivity contribution in [1.82, 2.24) is 15.2 Å². The third-order valence-electron chi connectivity index (χ3n) is 4.98. The van der Waals surface area contributed by atoms with Crippen molar-refractivity contribution in [3.63, 3.8) is 0 Å². The summed E-state index contributed by atoms with van der Waals surface area (Å²) in [5.74, 6) is -0.0467. The maximum atomic E-state index is 12.8. The van der Waals surface area contributed by atoms with Crippen LogP contribution in [0.3, 0.4) is 0 Å². The van der Waals surface area contributed by atoms with Gasteiger partial charge >= 0.3 is 0 Å². The van der Waals surface area contributed by atoms with E-state index in [0.29, 0.717) is 11.4 Å². The zero-order valence-electron chi connectivity index (χ0n) is 16.8. The molecule has 1 N–H and O–H groups in total. The van der Waals surface area contributed by atoms with E-state index in [1.165, 1.54) is 11.3 Å². The average Bonchev–Trinajstić information content (AvgIpc) is 3.01. The molecule has 1 fully saturated rings. The second kappa shape index (κ2) is 8.09. The van der Waals surface area contributed by atoms with Gasteiger partial charge in [-0.05, 0) is 34.6 Å². The van der Waals surface area contributed by atoms with Gasteiger partial charge < -0.3 is 10.1 Å². The molecule has 146 valence electrons. The van der Waals surface area contributed by atoms with Crippen molar-refractivity contribution >= 4 is 17.2 Å². The van der Waals surface area contributed by atoms with Gasteiger partial charge in [0.15, 0.2) is 0 Å². The third-order valence-corrected chi connectivity index (χ3v) is 6.19. The molecule has 2 aromatic rings. The minimum Gasteiger partial charge on any atom is -0.373 e. The molecule has 3 rings (SSSR count). The van der Waals surface area contributed by atoms with E-state index in [9.17, 15) is 4.79 Å². The van der Waals surface area contributed by atoms with Crippen molar-refractivity contribution in [2.75, 3.05) is 19.6 Å². The van der Waals surface area contributed by atoms with Gasteiger partial charge in [-0.25, -0.2) is 4.98 Å². The highest BCUT2D eigenvalue weighted by molar-refractivity contribution is 7.17. The fourth-order valence-corrected chi connectivity index (χ4v) is 4.46. The van der Waals surface area contributed by atoms with Crippen LogP contribution < -0.4 is 5.32 Å². The molecule has 1 aromatic heterocycles. The Kier molecular flexibility index (Phi) is 5.99. The minimum atomic E-state index is -0.136. The lowest BCUT2D eigenvalue weighted by molar-refractivity contribution is -0.0948. The predicted octanol–water partition coefficient (Wildman–Crippen LogP) is 3.74. The van der Waals surface area contributed by atoms with Crippen LogP contribution in [-0.4, -0.2) is 53.2 Å². The first-order valence-electron chi connectivity index (χ1n) is 9.48. The number of nitrogens with zero attached hydrogens (tertiary/aromatic N) is 2. The normalized spacial score (nSPS) is 21.2. The van der Waals surface area contributed by atoms with E-state index in [1.807, 2.05) is 37.3 Å². The number of morpholine rings is 1. The Labute approximate surface area is 165 Å². The zero-order chi connectivity index (χ0) is 19.6. The zero-order valence-corrected chi connectivity index (χ0v) is 17.6. The smallest absolute Gasteiger partial charge is 0.263 e. The highest BCUT2D eigenvalue weighted by Gasteiger charge is 2.33. The fraction of sp³-hybridized carbons (Fsp3) is 0.524. The monoisotopic (exact) mass is 387 g/mol. The Morgan fingerprint density at radius 1 is 1.26 bits per heavy atom. The summed E-state index contributed by atoms with van der Waals surface area (Å²) in [6, 6.07) is 9.98. The molecular weight excluding hydrogens is 358 g/mol. The largest absolute Gasteiger partial charge is 0.373 e. The van der Waals surface area contributed by atoms with Crippen molar-refractivity contribution in [1.29, 1.82) is 0 Å². The summed E-state index contributed by atoms with van der Waals surface area (Å²) < 4.78 is 5.83. The number of rotatable bonds is 5. The maximum Gasteiger partial charge on any atom is 0.263 e. The van der Waals surface area contributed by atoms with E-state index in [2.05, 4.69) is 42.9 Å². The average molecular weight is 388 g/mol. The molecule has 2 atom stereocenters. The van der Waals surface area contributed by atoms with Gasteiger partial charge in [0.25, 0.3) is 5.91 Å². The lowest BCUT2D eigenvalue weighted by atomic mass is 10.00. The van der Waals surface area contributed by atoms with E-state index in [1.54, 1.807) is 0 Å². The summed E-state index contributed by atoms with van der Waals surface area (Å²) in [6.45, 7) is 12.8. The Bertz CT molecular complexity index is 778. The molecule has 0 aliphatic carbocycles. The van der Waals surface area contributed by atoms with Crippen molar-refractivity contribution in [3.05, 3.63) is 40.9 Å². The number of ether oxygens (including phenoxy) is 1. The van der Waals surface area contributed by atoms with E-state index in [4.69, 9.17) is 4.74 Å². The Balaban J connectivity index is 1.66. The van der Waals surface area contributed by atoms with Gasteiger partial charge in [0, 0.05) is 30.7 Å². The number of aromatic nitrogens is 1. The molecule has 5 nitrogen and oxygen atoms in total. The van der Waals surface area contributed by atoms with E-state index < -0.39 is 0 Å². The van der Waals surface area contributed by atoms with E-state index >= 15 is 0 Å². The molecule has 1 aromatic carbocycles. The van der Waals surface area contributed by atoms with Crippen LogP contribution in [0.2, 0.25) is 0 Å². The van der Waals surface area contributed by atoms with E-state index in [-0.39, 0.29) is 23.7 Å². The number of hydrogen-bond donors (Lipinski definition) is 1. The molecule has 0 spiro atoms. The minimum absolute atomic E-state index is 0.0467. The number of carbonyl (C=O) groups excluding carboxylic acids is 1. The summed E-state index contributed by atoms with van der Waals surface area (Å²) in [4.78, 5) is 20.5. The summed E-state index contributed by atoms with van der Waals surface area (Å²) >= 11 is 1.45. The van der Waals surface area contributed by atoms with Gasteiger partial charge in [-0.15, -0.1) is 11.3 Å². The summed E-state index contributed by atoms with van der Waals surface area (Å²) in [7, 11) is 0. The Morgan fingerprint density at radius 3 is 2.52 bits per heavy atom. The molecule has 27 heavy (non-hydrogen) atoms. The molecule has 2 heterocycles. The molecule has 1 saturated heterocycles. The Morgan fingerprint density at radius 2 is 1.89 bits per heavy atom. The summed E-state index contributed by atoms with van der Waals surface area (Å²) in [5.41, 5.74) is 1.69. The third kappa shape index (κ3) is 4.75. The molecule has 6 heteroatoms. The molecule has 0 radical (unpaired) electrons. The van der Waals surface area contributed by atoms with Crippen LogP contribution in [0.5, 0.6) is 0 Å². The van der Waals surface area contributed by atoms with Crippen molar-refractivity contribution in [2.24, 2.45) is 0 Å². The fourth-order valence-electron chi connectivity index (χ4n) is 3.47. The number of aryl methyl sites for hydroxylation is 1. The van der Waals surface area contributed by atoms with Crippen LogP contribution in [0, 0.1) is 6.92 Å². The van der Waals surface area contributed by atoms with Gasteiger partial charge in [-0.1, -0.05) is 30.3 Å². The van der Waals surface area contributed by atoms with Crippen LogP contribution in [0.25, 0.3) is 10.6 Å². The molecule has 0 saturated carbocycles. The molecule has 0 unspecified atom stereocenters. The first-order chi connectivity index (χ1) is 12.8. The van der Waals surface area contributed by atoms with Crippen molar-refractivity contribution in [3.8, 4) is 10.6 Å². The van der Waals surface area contributed by atoms with Crippen LogP contribution in [-0.2, 0) is 4.74 Å². The highest BCUT2D eigenvalue weighted by atomic mass is 32.1. The van der Waals surface area contributed by atoms with Gasteiger partial charge in [0.1, 0.15) is 9.88 Å². The van der Waals surface area contributed by atoms with Gasteiger partial charge in [0.2, 0.25) is 0 Å². The number of amides is 1. The first kappa shape index (κ1) is 20.0. The predicted molar refractivity (Wildman–Crippen MR) is 110 cm³/mol. The number of benzene rings is 1. The molecule has 0 bridgehead atoms. The number of hydrogen-bond acceptors (Lipinski definition) is 5. The highest BCUT2D eigenvalue weighted by Crippen LogP contribution is 2.28.